The predicted molar refractivity (Wildman–Crippen MR) is 102 cm³/mol. The molecule has 1 heterocycles. The number of ether oxygens (including phenoxy) is 1. The number of carbonyl (C=O) groups excluding carboxylic acids is 1. The van der Waals surface area contributed by atoms with Crippen LogP contribution >= 0.6 is 11.6 Å². The highest BCUT2D eigenvalue weighted by Crippen LogP contribution is 2.55. The van der Waals surface area contributed by atoms with Crippen molar-refractivity contribution in [2.24, 2.45) is 5.41 Å². The SMILES string of the molecule is CC(=O)Oc1cc2c(c3ccccc13)[C@@](CCl)(C(C)(C)C)CN2C(=O)O. The number of hydrogen-bond acceptors (Lipinski definition) is 3. The molecule has 0 aromatic heterocycles. The van der Waals surface area contributed by atoms with Crippen molar-refractivity contribution in [1.82, 2.24) is 0 Å². The zero-order chi connectivity index (χ0) is 19.3. The van der Waals surface area contributed by atoms with E-state index in [0.717, 1.165) is 16.3 Å². The highest BCUT2D eigenvalue weighted by Gasteiger charge is 2.52. The fourth-order valence-electron chi connectivity index (χ4n) is 3.81. The smallest absolute Gasteiger partial charge is 0.411 e. The van der Waals surface area contributed by atoms with Crippen molar-refractivity contribution in [2.45, 2.75) is 33.1 Å². The van der Waals surface area contributed by atoms with Crippen LogP contribution in [0.25, 0.3) is 10.8 Å². The van der Waals surface area contributed by atoms with Gasteiger partial charge in [0, 0.05) is 36.2 Å². The van der Waals surface area contributed by atoms with Crippen molar-refractivity contribution in [3.05, 3.63) is 35.9 Å². The molecule has 0 saturated heterocycles. The molecule has 5 nitrogen and oxygen atoms in total. The Hall–Kier alpha value is -2.27. The highest BCUT2D eigenvalue weighted by molar-refractivity contribution is 6.19. The second-order valence-electron chi connectivity index (χ2n) is 7.74. The Morgan fingerprint density at radius 2 is 1.88 bits per heavy atom. The van der Waals surface area contributed by atoms with Crippen LogP contribution in [0.15, 0.2) is 30.3 Å². The summed E-state index contributed by atoms with van der Waals surface area (Å²) < 4.78 is 5.38. The van der Waals surface area contributed by atoms with Crippen LogP contribution in [0.4, 0.5) is 10.5 Å². The lowest BCUT2D eigenvalue weighted by Crippen LogP contribution is -2.46. The Bertz CT molecular complexity index is 903. The molecule has 1 N–H and O–H groups in total. The summed E-state index contributed by atoms with van der Waals surface area (Å²) >= 11 is 6.47. The second kappa shape index (κ2) is 6.16. The number of esters is 1. The van der Waals surface area contributed by atoms with E-state index < -0.39 is 17.5 Å². The number of anilines is 1. The number of nitrogens with zero attached hydrogens (tertiary/aromatic N) is 1. The Morgan fingerprint density at radius 1 is 1.27 bits per heavy atom. The predicted octanol–water partition coefficient (Wildman–Crippen LogP) is 4.79. The number of amides is 1. The van der Waals surface area contributed by atoms with Crippen LogP contribution in [0.3, 0.4) is 0 Å². The number of benzene rings is 2. The quantitative estimate of drug-likeness (QED) is 0.465. The van der Waals surface area contributed by atoms with Crippen LogP contribution in [0.1, 0.15) is 33.3 Å². The van der Waals surface area contributed by atoms with Gasteiger partial charge in [0.1, 0.15) is 5.75 Å². The second-order valence-corrected chi connectivity index (χ2v) is 8.01. The number of halogens is 1. The zero-order valence-electron chi connectivity index (χ0n) is 15.3. The summed E-state index contributed by atoms with van der Waals surface area (Å²) in [6.07, 6.45) is -1.05. The molecular weight excluding hydrogens is 354 g/mol. The maximum atomic E-state index is 11.9. The Morgan fingerprint density at radius 3 is 2.38 bits per heavy atom. The number of carbonyl (C=O) groups is 2. The monoisotopic (exact) mass is 375 g/mol. The van der Waals surface area contributed by atoms with Gasteiger partial charge in [0.05, 0.1) is 5.69 Å². The fraction of sp³-hybridized carbons (Fsp3) is 0.400. The first-order valence-electron chi connectivity index (χ1n) is 8.43. The maximum Gasteiger partial charge on any atom is 0.411 e. The fourth-order valence-corrected chi connectivity index (χ4v) is 4.43. The van der Waals surface area contributed by atoms with Crippen molar-refractivity contribution in [3.63, 3.8) is 0 Å². The number of carboxylic acid groups (broad SMARTS) is 1. The van der Waals surface area contributed by atoms with Gasteiger partial charge in [-0.25, -0.2) is 4.79 Å². The Kier molecular flexibility index (Phi) is 4.39. The Labute approximate surface area is 157 Å². The molecule has 2 aromatic carbocycles. The molecule has 6 heteroatoms. The lowest BCUT2D eigenvalue weighted by molar-refractivity contribution is -0.131. The molecule has 1 aliphatic heterocycles. The molecule has 2 aromatic rings. The normalized spacial score (nSPS) is 19.5. The van der Waals surface area contributed by atoms with E-state index in [1.807, 2.05) is 24.3 Å². The van der Waals surface area contributed by atoms with Gasteiger partial charge in [-0.1, -0.05) is 45.0 Å². The van der Waals surface area contributed by atoms with E-state index in [0.29, 0.717) is 11.4 Å². The lowest BCUT2D eigenvalue weighted by Gasteiger charge is -2.41. The van der Waals surface area contributed by atoms with E-state index in [1.54, 1.807) is 6.07 Å². The Balaban J connectivity index is 2.44. The average molecular weight is 376 g/mol. The van der Waals surface area contributed by atoms with Gasteiger partial charge in [-0.05, 0) is 16.4 Å². The molecular formula is C20H22ClNO4. The van der Waals surface area contributed by atoms with Crippen molar-refractivity contribution in [2.75, 3.05) is 17.3 Å². The molecule has 0 unspecified atom stereocenters. The molecule has 138 valence electrons. The number of hydrogen-bond donors (Lipinski definition) is 1. The van der Waals surface area contributed by atoms with Gasteiger partial charge in [-0.2, -0.15) is 0 Å². The van der Waals surface area contributed by atoms with Gasteiger partial charge in [-0.15, -0.1) is 11.6 Å². The van der Waals surface area contributed by atoms with Crippen molar-refractivity contribution in [3.8, 4) is 5.75 Å². The summed E-state index contributed by atoms with van der Waals surface area (Å²) in [4.78, 5) is 24.8. The largest absolute Gasteiger partial charge is 0.465 e. The van der Waals surface area contributed by atoms with Gasteiger partial charge in [-0.3, -0.25) is 9.69 Å². The van der Waals surface area contributed by atoms with E-state index in [1.165, 1.54) is 11.8 Å². The van der Waals surface area contributed by atoms with Crippen molar-refractivity contribution >= 4 is 40.1 Å². The zero-order valence-corrected chi connectivity index (χ0v) is 16.1. The third-order valence-corrected chi connectivity index (χ3v) is 5.79. The van der Waals surface area contributed by atoms with E-state index in [-0.39, 0.29) is 17.8 Å². The minimum absolute atomic E-state index is 0.262. The number of fused-ring (bicyclic) bond motifs is 3. The van der Waals surface area contributed by atoms with Crippen LogP contribution in [0.5, 0.6) is 5.75 Å². The standard InChI is InChI=1S/C20H22ClNO4/c1-12(23)26-16-9-15-17(14-8-6-5-7-13(14)16)20(10-21,19(2,3)4)11-22(15)18(24)25/h5-9H,10-11H2,1-4H3,(H,24,25)/t20-/m0/s1. The summed E-state index contributed by atoms with van der Waals surface area (Å²) in [5.74, 6) is 0.191. The third kappa shape index (κ3) is 2.62. The maximum absolute atomic E-state index is 11.9. The van der Waals surface area contributed by atoms with Crippen molar-refractivity contribution < 1.29 is 19.4 Å². The van der Waals surface area contributed by atoms with Crippen LogP contribution in [-0.2, 0) is 10.2 Å². The van der Waals surface area contributed by atoms with Crippen LogP contribution in [-0.4, -0.2) is 29.6 Å². The molecule has 0 aliphatic carbocycles. The molecule has 1 aliphatic rings. The summed E-state index contributed by atoms with van der Waals surface area (Å²) in [7, 11) is 0. The first kappa shape index (κ1) is 18.5. The lowest BCUT2D eigenvalue weighted by atomic mass is 9.64. The molecule has 0 spiro atoms. The summed E-state index contributed by atoms with van der Waals surface area (Å²) in [6, 6.07) is 9.21. The van der Waals surface area contributed by atoms with Crippen LogP contribution < -0.4 is 9.64 Å². The first-order valence-corrected chi connectivity index (χ1v) is 8.97. The minimum Gasteiger partial charge on any atom is -0.465 e. The van der Waals surface area contributed by atoms with Gasteiger partial charge in [0.15, 0.2) is 0 Å². The van der Waals surface area contributed by atoms with E-state index in [9.17, 15) is 14.7 Å². The molecule has 26 heavy (non-hydrogen) atoms. The minimum atomic E-state index is -1.05. The first-order chi connectivity index (χ1) is 12.1. The molecule has 0 radical (unpaired) electrons. The highest BCUT2D eigenvalue weighted by atomic mass is 35.5. The van der Waals surface area contributed by atoms with Crippen LogP contribution in [0.2, 0.25) is 0 Å². The van der Waals surface area contributed by atoms with E-state index in [4.69, 9.17) is 16.3 Å². The summed E-state index contributed by atoms with van der Waals surface area (Å²) in [5, 5.41) is 11.4. The molecule has 1 amide bonds. The topological polar surface area (TPSA) is 66.8 Å². The molecule has 0 saturated carbocycles. The van der Waals surface area contributed by atoms with Gasteiger partial charge in [0.25, 0.3) is 0 Å². The van der Waals surface area contributed by atoms with Gasteiger partial charge >= 0.3 is 12.1 Å². The van der Waals surface area contributed by atoms with Crippen molar-refractivity contribution in [1.29, 1.82) is 0 Å². The third-order valence-electron chi connectivity index (χ3n) is 5.33. The number of alkyl halides is 1. The molecule has 1 atom stereocenters. The van der Waals surface area contributed by atoms with E-state index >= 15 is 0 Å². The summed E-state index contributed by atoms with van der Waals surface area (Å²) in [5.41, 5.74) is 0.590. The molecule has 3 rings (SSSR count). The van der Waals surface area contributed by atoms with E-state index in [2.05, 4.69) is 20.8 Å². The average Bonchev–Trinajstić information content (AvgIpc) is 2.90. The number of rotatable bonds is 2. The molecule has 0 fully saturated rings. The van der Waals surface area contributed by atoms with Crippen LogP contribution in [0, 0.1) is 5.41 Å². The van der Waals surface area contributed by atoms with Gasteiger partial charge < -0.3 is 9.84 Å². The molecule has 0 bridgehead atoms. The summed E-state index contributed by atoms with van der Waals surface area (Å²) in [6.45, 7) is 7.80. The van der Waals surface area contributed by atoms with Gasteiger partial charge in [0.2, 0.25) is 0 Å².